The Kier molecular flexibility index (Phi) is 3.15. The van der Waals surface area contributed by atoms with Crippen LogP contribution in [0.2, 0.25) is 10.0 Å². The number of carbonyl (C=O) groups is 1. The standard InChI is InChI=1S/C17H14Cl2O/c1-17(2)9-16(20)13-5-3-10(7-14(13)17)12-6-4-11(18)8-15(12)19/h3-8H,9H2,1-2H3. The Bertz CT molecular complexity index is 717. The fourth-order valence-electron chi connectivity index (χ4n) is 2.83. The van der Waals surface area contributed by atoms with Crippen LogP contribution in [0.4, 0.5) is 0 Å². The van der Waals surface area contributed by atoms with Gasteiger partial charge < -0.3 is 0 Å². The summed E-state index contributed by atoms with van der Waals surface area (Å²) < 4.78 is 0. The molecule has 3 rings (SSSR count). The monoisotopic (exact) mass is 304 g/mol. The van der Waals surface area contributed by atoms with Gasteiger partial charge in [0.15, 0.2) is 5.78 Å². The van der Waals surface area contributed by atoms with Gasteiger partial charge in [-0.25, -0.2) is 0 Å². The molecule has 1 aliphatic carbocycles. The van der Waals surface area contributed by atoms with Crippen molar-refractivity contribution in [2.24, 2.45) is 0 Å². The molecule has 0 amide bonds. The molecule has 0 aromatic heterocycles. The first-order valence-electron chi connectivity index (χ1n) is 6.52. The third-order valence-electron chi connectivity index (χ3n) is 3.89. The molecule has 2 aromatic carbocycles. The number of rotatable bonds is 1. The summed E-state index contributed by atoms with van der Waals surface area (Å²) in [7, 11) is 0. The molecule has 0 unspecified atom stereocenters. The number of ketones is 1. The molecule has 0 aliphatic heterocycles. The third kappa shape index (κ3) is 2.15. The number of carbonyl (C=O) groups excluding carboxylic acids is 1. The first-order valence-corrected chi connectivity index (χ1v) is 7.27. The van der Waals surface area contributed by atoms with Gasteiger partial charge in [0.2, 0.25) is 0 Å². The quantitative estimate of drug-likeness (QED) is 0.677. The molecule has 20 heavy (non-hydrogen) atoms. The minimum absolute atomic E-state index is 0.110. The lowest BCUT2D eigenvalue weighted by Gasteiger charge is -2.18. The Morgan fingerprint density at radius 2 is 1.70 bits per heavy atom. The maximum atomic E-state index is 12.0. The topological polar surface area (TPSA) is 17.1 Å². The van der Waals surface area contributed by atoms with Crippen molar-refractivity contribution in [3.63, 3.8) is 0 Å². The van der Waals surface area contributed by atoms with Crippen molar-refractivity contribution in [1.29, 1.82) is 0 Å². The molecular formula is C17H14Cl2O. The highest BCUT2D eigenvalue weighted by molar-refractivity contribution is 6.36. The van der Waals surface area contributed by atoms with Crippen LogP contribution in [0.1, 0.15) is 36.2 Å². The molecule has 0 spiro atoms. The molecule has 0 bridgehead atoms. The first-order chi connectivity index (χ1) is 9.38. The highest BCUT2D eigenvalue weighted by atomic mass is 35.5. The summed E-state index contributed by atoms with van der Waals surface area (Å²) in [5.74, 6) is 0.221. The van der Waals surface area contributed by atoms with Gasteiger partial charge in [0.1, 0.15) is 0 Å². The van der Waals surface area contributed by atoms with Crippen molar-refractivity contribution in [2.75, 3.05) is 0 Å². The van der Waals surface area contributed by atoms with Gasteiger partial charge in [-0.3, -0.25) is 4.79 Å². The lowest BCUT2D eigenvalue weighted by atomic mass is 9.85. The Labute approximate surface area is 128 Å². The van der Waals surface area contributed by atoms with E-state index in [1.54, 1.807) is 6.07 Å². The second kappa shape index (κ2) is 4.61. The maximum absolute atomic E-state index is 12.0. The molecule has 0 saturated heterocycles. The second-order valence-electron chi connectivity index (χ2n) is 5.87. The van der Waals surface area contributed by atoms with Gasteiger partial charge in [-0.2, -0.15) is 0 Å². The van der Waals surface area contributed by atoms with E-state index in [0.29, 0.717) is 16.5 Å². The molecule has 102 valence electrons. The van der Waals surface area contributed by atoms with Gasteiger partial charge in [-0.05, 0) is 34.7 Å². The van der Waals surface area contributed by atoms with Gasteiger partial charge in [0.25, 0.3) is 0 Å². The average Bonchev–Trinajstić information content (AvgIpc) is 2.59. The summed E-state index contributed by atoms with van der Waals surface area (Å²) in [5.41, 5.74) is 3.79. The molecular weight excluding hydrogens is 291 g/mol. The van der Waals surface area contributed by atoms with Crippen LogP contribution in [0, 0.1) is 0 Å². The predicted octanol–water partition coefficient (Wildman–Crippen LogP) is 5.52. The second-order valence-corrected chi connectivity index (χ2v) is 6.71. The van der Waals surface area contributed by atoms with Crippen LogP contribution < -0.4 is 0 Å². The van der Waals surface area contributed by atoms with Crippen LogP contribution in [0.15, 0.2) is 36.4 Å². The van der Waals surface area contributed by atoms with Crippen molar-refractivity contribution in [1.82, 2.24) is 0 Å². The van der Waals surface area contributed by atoms with Crippen molar-refractivity contribution in [3.05, 3.63) is 57.6 Å². The number of hydrogen-bond acceptors (Lipinski definition) is 1. The van der Waals surface area contributed by atoms with Crippen molar-refractivity contribution in [2.45, 2.75) is 25.7 Å². The number of hydrogen-bond donors (Lipinski definition) is 0. The fraction of sp³-hybridized carbons (Fsp3) is 0.235. The SMILES string of the molecule is CC1(C)CC(=O)c2ccc(-c3ccc(Cl)cc3Cl)cc21. The molecule has 3 heteroatoms. The molecule has 0 radical (unpaired) electrons. The summed E-state index contributed by atoms with van der Waals surface area (Å²) in [6.45, 7) is 4.20. The van der Waals surface area contributed by atoms with Gasteiger partial charge in [-0.15, -0.1) is 0 Å². The minimum Gasteiger partial charge on any atom is -0.294 e. The smallest absolute Gasteiger partial charge is 0.164 e. The van der Waals surface area contributed by atoms with E-state index >= 15 is 0 Å². The summed E-state index contributed by atoms with van der Waals surface area (Å²) in [6.07, 6.45) is 0.570. The zero-order valence-corrected chi connectivity index (χ0v) is 12.8. The summed E-state index contributed by atoms with van der Waals surface area (Å²) in [4.78, 5) is 12.0. The Balaban J connectivity index is 2.16. The zero-order valence-electron chi connectivity index (χ0n) is 11.3. The van der Waals surface area contributed by atoms with Crippen LogP contribution in [0.3, 0.4) is 0 Å². The van der Waals surface area contributed by atoms with Crippen LogP contribution >= 0.6 is 23.2 Å². The highest BCUT2D eigenvalue weighted by Gasteiger charge is 2.35. The van der Waals surface area contributed by atoms with Crippen molar-refractivity contribution in [3.8, 4) is 11.1 Å². The molecule has 2 aromatic rings. The number of benzene rings is 2. The highest BCUT2D eigenvalue weighted by Crippen LogP contribution is 2.41. The van der Waals surface area contributed by atoms with Gasteiger partial charge in [0.05, 0.1) is 0 Å². The molecule has 1 nitrogen and oxygen atoms in total. The van der Waals surface area contributed by atoms with Crippen molar-refractivity contribution < 1.29 is 4.79 Å². The van der Waals surface area contributed by atoms with Crippen LogP contribution in [0.5, 0.6) is 0 Å². The van der Waals surface area contributed by atoms with Crippen molar-refractivity contribution >= 4 is 29.0 Å². The largest absolute Gasteiger partial charge is 0.294 e. The number of Topliss-reactive ketones (excluding diaryl/α,β-unsaturated/α-hetero) is 1. The minimum atomic E-state index is -0.110. The third-order valence-corrected chi connectivity index (χ3v) is 4.44. The fourth-order valence-corrected chi connectivity index (χ4v) is 3.35. The predicted molar refractivity (Wildman–Crippen MR) is 83.9 cm³/mol. The molecule has 0 saturated carbocycles. The average molecular weight is 305 g/mol. The van der Waals surface area contributed by atoms with E-state index in [1.165, 1.54) is 0 Å². The van der Waals surface area contributed by atoms with Crippen LogP contribution in [-0.4, -0.2) is 5.78 Å². The maximum Gasteiger partial charge on any atom is 0.164 e. The Hall–Kier alpha value is -1.31. The number of fused-ring (bicyclic) bond motifs is 1. The first kappa shape index (κ1) is 13.7. The normalized spacial score (nSPS) is 16.3. The van der Waals surface area contributed by atoms with Crippen LogP contribution in [0.25, 0.3) is 11.1 Å². The molecule has 0 atom stereocenters. The van der Waals surface area contributed by atoms with E-state index in [0.717, 1.165) is 22.3 Å². The van der Waals surface area contributed by atoms with E-state index in [1.807, 2.05) is 24.3 Å². The number of halogens is 2. The van der Waals surface area contributed by atoms with Gasteiger partial charge in [-0.1, -0.05) is 55.2 Å². The molecule has 0 fully saturated rings. The molecule has 0 heterocycles. The lowest BCUT2D eigenvalue weighted by molar-refractivity contribution is 0.0979. The zero-order chi connectivity index (χ0) is 14.5. The molecule has 0 N–H and O–H groups in total. The van der Waals surface area contributed by atoms with Gasteiger partial charge >= 0.3 is 0 Å². The summed E-state index contributed by atoms with van der Waals surface area (Å²) in [6, 6.07) is 11.4. The summed E-state index contributed by atoms with van der Waals surface area (Å²) >= 11 is 12.2. The van der Waals surface area contributed by atoms with Crippen LogP contribution in [-0.2, 0) is 5.41 Å². The Morgan fingerprint density at radius 1 is 1.00 bits per heavy atom. The van der Waals surface area contributed by atoms with E-state index < -0.39 is 0 Å². The Morgan fingerprint density at radius 3 is 2.40 bits per heavy atom. The summed E-state index contributed by atoms with van der Waals surface area (Å²) in [5, 5.41) is 1.25. The van der Waals surface area contributed by atoms with E-state index in [-0.39, 0.29) is 11.2 Å². The van der Waals surface area contributed by atoms with E-state index in [2.05, 4.69) is 19.9 Å². The van der Waals surface area contributed by atoms with E-state index in [9.17, 15) is 4.79 Å². The lowest BCUT2D eigenvalue weighted by Crippen LogP contribution is -2.12. The molecule has 1 aliphatic rings. The van der Waals surface area contributed by atoms with E-state index in [4.69, 9.17) is 23.2 Å². The van der Waals surface area contributed by atoms with Gasteiger partial charge in [0, 0.05) is 27.6 Å².